The molecule has 0 fully saturated rings. The fourth-order valence-corrected chi connectivity index (χ4v) is 2.60. The van der Waals surface area contributed by atoms with Gasteiger partial charge in [0.15, 0.2) is 0 Å². The van der Waals surface area contributed by atoms with Crippen LogP contribution in [-0.2, 0) is 6.42 Å². The number of methoxy groups -OCH3 is 1. The Bertz CT molecular complexity index is 613. The molecular weight excluding hydrogens is 316 g/mol. The SMILES string of the molecule is CCc1cc(N(C)c2ccc(Br)cc2N)ccc1OC. The molecule has 0 atom stereocenters. The fourth-order valence-electron chi connectivity index (χ4n) is 2.22. The fraction of sp³-hybridized carbons (Fsp3) is 0.250. The van der Waals surface area contributed by atoms with E-state index in [0.29, 0.717) is 0 Å². The maximum absolute atomic E-state index is 6.09. The second-order valence-corrected chi connectivity index (χ2v) is 5.53. The molecule has 0 bridgehead atoms. The lowest BCUT2D eigenvalue weighted by molar-refractivity contribution is 0.410. The van der Waals surface area contributed by atoms with Crippen LogP contribution < -0.4 is 15.4 Å². The van der Waals surface area contributed by atoms with Gasteiger partial charge < -0.3 is 15.4 Å². The third kappa shape index (κ3) is 2.90. The normalized spacial score (nSPS) is 10.4. The van der Waals surface area contributed by atoms with Crippen LogP contribution in [0, 0.1) is 0 Å². The number of halogens is 1. The molecule has 106 valence electrons. The minimum Gasteiger partial charge on any atom is -0.496 e. The molecule has 0 saturated heterocycles. The van der Waals surface area contributed by atoms with Crippen molar-refractivity contribution in [1.82, 2.24) is 0 Å². The molecule has 0 aliphatic heterocycles. The minimum absolute atomic E-state index is 0.746. The van der Waals surface area contributed by atoms with Gasteiger partial charge >= 0.3 is 0 Å². The number of hydrogen-bond donors (Lipinski definition) is 1. The summed E-state index contributed by atoms with van der Waals surface area (Å²) in [7, 11) is 3.71. The summed E-state index contributed by atoms with van der Waals surface area (Å²) in [5.74, 6) is 0.924. The van der Waals surface area contributed by atoms with E-state index in [1.807, 2.05) is 37.4 Å². The van der Waals surface area contributed by atoms with Crippen molar-refractivity contribution in [3.8, 4) is 5.75 Å². The van der Waals surface area contributed by atoms with Gasteiger partial charge in [-0.2, -0.15) is 0 Å². The largest absolute Gasteiger partial charge is 0.496 e. The zero-order chi connectivity index (χ0) is 14.7. The first-order valence-corrected chi connectivity index (χ1v) is 7.31. The second-order valence-electron chi connectivity index (χ2n) is 4.61. The summed E-state index contributed by atoms with van der Waals surface area (Å²) >= 11 is 3.43. The van der Waals surface area contributed by atoms with Crippen LogP contribution in [0.25, 0.3) is 0 Å². The van der Waals surface area contributed by atoms with E-state index in [4.69, 9.17) is 10.5 Å². The van der Waals surface area contributed by atoms with Crippen molar-refractivity contribution >= 4 is 33.0 Å². The molecule has 20 heavy (non-hydrogen) atoms. The van der Waals surface area contributed by atoms with Crippen LogP contribution in [0.15, 0.2) is 40.9 Å². The van der Waals surface area contributed by atoms with Gasteiger partial charge in [0.25, 0.3) is 0 Å². The van der Waals surface area contributed by atoms with Crippen molar-refractivity contribution in [1.29, 1.82) is 0 Å². The van der Waals surface area contributed by atoms with E-state index in [1.165, 1.54) is 5.56 Å². The smallest absolute Gasteiger partial charge is 0.122 e. The quantitative estimate of drug-likeness (QED) is 0.843. The Kier molecular flexibility index (Phi) is 4.55. The third-order valence-electron chi connectivity index (χ3n) is 3.38. The lowest BCUT2D eigenvalue weighted by atomic mass is 10.1. The van der Waals surface area contributed by atoms with Crippen LogP contribution in [0.3, 0.4) is 0 Å². The highest BCUT2D eigenvalue weighted by Gasteiger charge is 2.10. The number of nitrogen functional groups attached to an aromatic ring is 1. The van der Waals surface area contributed by atoms with Gasteiger partial charge in [-0.05, 0) is 48.4 Å². The van der Waals surface area contributed by atoms with Crippen LogP contribution in [0.1, 0.15) is 12.5 Å². The van der Waals surface area contributed by atoms with Gasteiger partial charge in [0, 0.05) is 17.2 Å². The standard InChI is InChI=1S/C16H19BrN2O/c1-4-11-9-13(6-8-16(11)20-3)19(2)15-7-5-12(17)10-14(15)18/h5-10H,4,18H2,1-3H3. The molecule has 2 aromatic rings. The molecule has 0 amide bonds. The summed E-state index contributed by atoms with van der Waals surface area (Å²) in [6, 6.07) is 12.1. The van der Waals surface area contributed by atoms with Crippen molar-refractivity contribution in [2.75, 3.05) is 24.8 Å². The summed E-state index contributed by atoms with van der Waals surface area (Å²) in [5.41, 5.74) is 10.1. The van der Waals surface area contributed by atoms with E-state index < -0.39 is 0 Å². The average Bonchev–Trinajstić information content (AvgIpc) is 2.45. The van der Waals surface area contributed by atoms with Gasteiger partial charge in [0.1, 0.15) is 5.75 Å². The average molecular weight is 335 g/mol. The Hall–Kier alpha value is -1.68. The molecule has 0 radical (unpaired) electrons. The number of ether oxygens (including phenoxy) is 1. The maximum atomic E-state index is 6.09. The number of anilines is 3. The molecule has 0 spiro atoms. The Morgan fingerprint density at radius 2 is 1.95 bits per heavy atom. The van der Waals surface area contributed by atoms with E-state index >= 15 is 0 Å². The van der Waals surface area contributed by atoms with Crippen molar-refractivity contribution in [3.05, 3.63) is 46.4 Å². The van der Waals surface area contributed by atoms with Crippen molar-refractivity contribution in [3.63, 3.8) is 0 Å². The third-order valence-corrected chi connectivity index (χ3v) is 3.88. The van der Waals surface area contributed by atoms with E-state index in [2.05, 4.69) is 33.8 Å². The van der Waals surface area contributed by atoms with Crippen LogP contribution in [0.5, 0.6) is 5.75 Å². The molecule has 0 aromatic heterocycles. The van der Waals surface area contributed by atoms with Crippen molar-refractivity contribution in [2.24, 2.45) is 0 Å². The molecule has 0 saturated carbocycles. The summed E-state index contributed by atoms with van der Waals surface area (Å²) in [6.45, 7) is 2.12. The minimum atomic E-state index is 0.746. The highest BCUT2D eigenvalue weighted by Crippen LogP contribution is 2.33. The van der Waals surface area contributed by atoms with Gasteiger partial charge in [-0.1, -0.05) is 22.9 Å². The lowest BCUT2D eigenvalue weighted by Gasteiger charge is -2.22. The molecule has 0 heterocycles. The van der Waals surface area contributed by atoms with E-state index in [0.717, 1.165) is 33.7 Å². The Morgan fingerprint density at radius 3 is 2.55 bits per heavy atom. The van der Waals surface area contributed by atoms with Crippen LogP contribution in [-0.4, -0.2) is 14.2 Å². The van der Waals surface area contributed by atoms with Crippen LogP contribution >= 0.6 is 15.9 Å². The topological polar surface area (TPSA) is 38.5 Å². The number of benzene rings is 2. The predicted octanol–water partition coefficient (Wildman–Crippen LogP) is 4.37. The zero-order valence-corrected chi connectivity index (χ0v) is 13.6. The molecule has 2 N–H and O–H groups in total. The molecule has 2 aromatic carbocycles. The number of rotatable bonds is 4. The maximum Gasteiger partial charge on any atom is 0.122 e. The van der Waals surface area contributed by atoms with Gasteiger partial charge in [0.05, 0.1) is 18.5 Å². The Morgan fingerprint density at radius 1 is 1.20 bits per heavy atom. The van der Waals surface area contributed by atoms with Gasteiger partial charge in [-0.3, -0.25) is 0 Å². The predicted molar refractivity (Wildman–Crippen MR) is 89.0 cm³/mol. The molecule has 2 rings (SSSR count). The van der Waals surface area contributed by atoms with Crippen molar-refractivity contribution < 1.29 is 4.74 Å². The molecule has 0 unspecified atom stereocenters. The summed E-state index contributed by atoms with van der Waals surface area (Å²) in [4.78, 5) is 2.08. The molecular formula is C16H19BrN2O. The molecule has 0 aliphatic carbocycles. The number of aryl methyl sites for hydroxylation is 1. The first kappa shape index (κ1) is 14.7. The number of nitrogens with zero attached hydrogens (tertiary/aromatic N) is 1. The van der Waals surface area contributed by atoms with E-state index in [1.54, 1.807) is 7.11 Å². The molecule has 3 nitrogen and oxygen atoms in total. The Balaban J connectivity index is 2.40. The number of nitrogens with two attached hydrogens (primary N) is 1. The van der Waals surface area contributed by atoms with Crippen molar-refractivity contribution in [2.45, 2.75) is 13.3 Å². The molecule has 0 aliphatic rings. The second kappa shape index (κ2) is 6.18. The van der Waals surface area contributed by atoms with Gasteiger partial charge in [-0.25, -0.2) is 0 Å². The van der Waals surface area contributed by atoms with Gasteiger partial charge in [0.2, 0.25) is 0 Å². The number of hydrogen-bond acceptors (Lipinski definition) is 3. The highest BCUT2D eigenvalue weighted by atomic mass is 79.9. The molecule has 4 heteroatoms. The van der Waals surface area contributed by atoms with E-state index in [9.17, 15) is 0 Å². The van der Waals surface area contributed by atoms with Crippen LogP contribution in [0.2, 0.25) is 0 Å². The van der Waals surface area contributed by atoms with E-state index in [-0.39, 0.29) is 0 Å². The Labute approximate surface area is 128 Å². The summed E-state index contributed by atoms with van der Waals surface area (Å²) < 4.78 is 6.35. The lowest BCUT2D eigenvalue weighted by Crippen LogP contribution is -2.12. The highest BCUT2D eigenvalue weighted by molar-refractivity contribution is 9.10. The van der Waals surface area contributed by atoms with Crippen LogP contribution in [0.4, 0.5) is 17.1 Å². The summed E-state index contributed by atoms with van der Waals surface area (Å²) in [6.07, 6.45) is 0.931. The van der Waals surface area contributed by atoms with Gasteiger partial charge in [-0.15, -0.1) is 0 Å². The zero-order valence-electron chi connectivity index (χ0n) is 12.0. The first-order valence-electron chi connectivity index (χ1n) is 6.52. The summed E-state index contributed by atoms with van der Waals surface area (Å²) in [5, 5.41) is 0. The first-order chi connectivity index (χ1) is 9.56. The monoisotopic (exact) mass is 334 g/mol.